The van der Waals surface area contributed by atoms with Gasteiger partial charge in [-0.25, -0.2) is 9.36 Å². The van der Waals surface area contributed by atoms with Crippen molar-refractivity contribution in [3.8, 4) is 22.8 Å². The van der Waals surface area contributed by atoms with E-state index < -0.39 is 46.5 Å². The van der Waals surface area contributed by atoms with Crippen LogP contribution in [-0.4, -0.2) is 35.3 Å². The van der Waals surface area contributed by atoms with Gasteiger partial charge in [-0.1, -0.05) is 21.6 Å². The molecule has 1 aromatic carbocycles. The summed E-state index contributed by atoms with van der Waals surface area (Å²) < 4.78 is 70.1. The number of alkyl halides is 3. The smallest absolute Gasteiger partial charge is 0.354 e. The van der Waals surface area contributed by atoms with Crippen molar-refractivity contribution >= 4 is 29.0 Å². The Hall–Kier alpha value is -2.97. The summed E-state index contributed by atoms with van der Waals surface area (Å²) >= 11 is 2.62. The lowest BCUT2D eigenvalue weighted by atomic mass is 10.1. The summed E-state index contributed by atoms with van der Waals surface area (Å²) in [5.41, 5.74) is 4.60. The van der Waals surface area contributed by atoms with Crippen LogP contribution in [0.2, 0.25) is 5.02 Å². The number of rotatable bonds is 6. The third-order valence-corrected chi connectivity index (χ3v) is 5.53. The van der Waals surface area contributed by atoms with Crippen LogP contribution in [0.5, 0.6) is 5.88 Å². The van der Waals surface area contributed by atoms with Crippen LogP contribution in [0.25, 0.3) is 16.9 Å². The lowest BCUT2D eigenvalue weighted by Crippen LogP contribution is -2.43. The zero-order valence-corrected chi connectivity index (χ0v) is 18.3. The van der Waals surface area contributed by atoms with Gasteiger partial charge in [0.05, 0.1) is 22.4 Å². The number of halogens is 5. The molecule has 1 aliphatic rings. The highest BCUT2D eigenvalue weighted by Crippen LogP contribution is 2.40. The summed E-state index contributed by atoms with van der Waals surface area (Å²) in [4.78, 5) is 12.5. The minimum absolute atomic E-state index is 0.135. The number of nitrogens with two attached hydrogens (primary N) is 1. The third kappa shape index (κ3) is 4.72. The van der Waals surface area contributed by atoms with Gasteiger partial charge in [0.25, 0.3) is 11.8 Å². The van der Waals surface area contributed by atoms with E-state index in [1.165, 1.54) is 24.5 Å². The summed E-state index contributed by atoms with van der Waals surface area (Å²) in [7, 11) is 1.16. The van der Waals surface area contributed by atoms with Crippen LogP contribution in [0.4, 0.5) is 17.1 Å². The second kappa shape index (κ2) is 8.11. The Morgan fingerprint density at radius 2 is 2.03 bits per heavy atom. The molecule has 176 valence electrons. The summed E-state index contributed by atoms with van der Waals surface area (Å²) in [6.07, 6.45) is -1.24. The fourth-order valence-electron chi connectivity index (χ4n) is 3.14. The summed E-state index contributed by atoms with van der Waals surface area (Å²) in [5, 5.41) is 10.2. The van der Waals surface area contributed by atoms with Crippen LogP contribution in [0.3, 0.4) is 0 Å². The number of nitrogens with one attached hydrogen (secondary N) is 1. The zero-order chi connectivity index (χ0) is 24.1. The third-order valence-electron chi connectivity index (χ3n) is 4.91. The fourth-order valence-corrected chi connectivity index (χ4v) is 3.59. The van der Waals surface area contributed by atoms with Gasteiger partial charge >= 0.3 is 17.6 Å². The Morgan fingerprint density at radius 1 is 1.33 bits per heavy atom. The van der Waals surface area contributed by atoms with Crippen molar-refractivity contribution in [3.05, 3.63) is 46.7 Å². The van der Waals surface area contributed by atoms with Crippen LogP contribution in [0, 0.1) is 0 Å². The molecule has 1 atom stereocenters. The minimum Gasteiger partial charge on any atom is -0.354 e. The molecular formula is C18H15ClF4N6O3S. The predicted molar refractivity (Wildman–Crippen MR) is 109 cm³/mol. The Bertz CT molecular complexity index is 1270. The van der Waals surface area contributed by atoms with E-state index in [0.717, 1.165) is 16.4 Å². The molecule has 2 heterocycles. The quantitative estimate of drug-likeness (QED) is 0.301. The molecule has 3 N–H and O–H groups in total. The van der Waals surface area contributed by atoms with E-state index >= 15 is 0 Å². The van der Waals surface area contributed by atoms with E-state index in [2.05, 4.69) is 19.7 Å². The maximum Gasteiger partial charge on any atom is 0.425 e. The summed E-state index contributed by atoms with van der Waals surface area (Å²) in [6, 6.07) is 4.48. The van der Waals surface area contributed by atoms with Gasteiger partial charge in [0.15, 0.2) is 11.4 Å². The average molecular weight is 507 g/mol. The lowest BCUT2D eigenvalue weighted by molar-refractivity contribution is -0.138. The first-order valence-corrected chi connectivity index (χ1v) is 10.6. The Balaban J connectivity index is 1.72. The maximum absolute atomic E-state index is 13.6. The molecule has 1 unspecified atom stereocenters. The van der Waals surface area contributed by atoms with Crippen LogP contribution in [0.15, 0.2) is 30.6 Å². The molecular weight excluding hydrogens is 492 g/mol. The van der Waals surface area contributed by atoms with Gasteiger partial charge in [0, 0.05) is 18.8 Å². The van der Waals surface area contributed by atoms with Gasteiger partial charge in [-0.2, -0.15) is 22.5 Å². The second-order valence-electron chi connectivity index (χ2n) is 7.38. The van der Waals surface area contributed by atoms with Crippen LogP contribution in [-0.2, 0) is 24.7 Å². The van der Waals surface area contributed by atoms with E-state index in [1.807, 2.05) is 0 Å². The molecule has 9 nitrogen and oxygen atoms in total. The molecule has 33 heavy (non-hydrogen) atoms. The number of amides is 1. The Labute approximate surface area is 191 Å². The fraction of sp³-hybridized carbons (Fsp3) is 0.278. The van der Waals surface area contributed by atoms with Gasteiger partial charge in [-0.3, -0.25) is 4.79 Å². The Morgan fingerprint density at radius 3 is 2.64 bits per heavy atom. The van der Waals surface area contributed by atoms with E-state index in [1.54, 1.807) is 6.07 Å². The molecule has 0 saturated heterocycles. The summed E-state index contributed by atoms with van der Waals surface area (Å²) in [6.45, 7) is 0. The van der Waals surface area contributed by atoms with Crippen LogP contribution >= 0.6 is 11.6 Å². The number of carbonyl (C=O) groups is 1. The molecule has 0 bridgehead atoms. The molecule has 0 spiro atoms. The number of hydrogen-bond donors (Lipinski definition) is 2. The molecule has 4 rings (SSSR count). The number of aromatic nitrogens is 4. The molecule has 15 heteroatoms. The first-order valence-electron chi connectivity index (χ1n) is 9.25. The SMILES string of the molecule is Cn1nc(OS(=O)F)c(C(F)(F)F)c1-n1cc(-c2ccc(Cl)c(C(=O)NC3(N)CC3)c2)cn1. The number of carbonyl (C=O) groups excluding carboxylic acids is 1. The van der Waals surface area contributed by atoms with Gasteiger partial charge in [0.1, 0.15) is 0 Å². The number of nitrogens with zero attached hydrogens (tertiary/aromatic N) is 4. The average Bonchev–Trinajstić information content (AvgIpc) is 3.10. The maximum atomic E-state index is 13.6. The van der Waals surface area contributed by atoms with Crippen molar-refractivity contribution in [2.75, 3.05) is 0 Å². The minimum atomic E-state index is -5.02. The van der Waals surface area contributed by atoms with Crippen molar-refractivity contribution in [2.24, 2.45) is 12.8 Å². The standard InChI is InChI=1S/C18H15ClF4N6O3S/c1-28-16(13(18(20,21)22)15(27-28)32-33(23)31)29-8-10(7-25-29)9-2-3-12(19)11(6-9)14(30)26-17(24)4-5-17/h2-3,6-8H,4-5,24H2,1H3,(H,26,30). The van der Waals surface area contributed by atoms with E-state index in [-0.39, 0.29) is 10.6 Å². The topological polar surface area (TPSA) is 117 Å². The van der Waals surface area contributed by atoms with Crippen molar-refractivity contribution in [1.82, 2.24) is 24.9 Å². The predicted octanol–water partition coefficient (Wildman–Crippen LogP) is 3.05. The number of hydrogen-bond acceptors (Lipinski definition) is 6. The van der Waals surface area contributed by atoms with Crippen LogP contribution in [0.1, 0.15) is 28.8 Å². The number of aryl methyl sites for hydroxylation is 1. The second-order valence-corrected chi connectivity index (χ2v) is 8.34. The van der Waals surface area contributed by atoms with E-state index in [4.69, 9.17) is 17.3 Å². The first-order chi connectivity index (χ1) is 15.4. The lowest BCUT2D eigenvalue weighted by Gasteiger charge is -2.13. The van der Waals surface area contributed by atoms with Crippen molar-refractivity contribution in [2.45, 2.75) is 24.7 Å². The van der Waals surface area contributed by atoms with Gasteiger partial charge in [-0.15, -0.1) is 5.10 Å². The van der Waals surface area contributed by atoms with Crippen molar-refractivity contribution in [3.63, 3.8) is 0 Å². The molecule has 0 radical (unpaired) electrons. The Kier molecular flexibility index (Phi) is 5.70. The molecule has 1 amide bonds. The highest BCUT2D eigenvalue weighted by Gasteiger charge is 2.43. The van der Waals surface area contributed by atoms with Crippen molar-refractivity contribution in [1.29, 1.82) is 0 Å². The van der Waals surface area contributed by atoms with E-state index in [0.29, 0.717) is 24.0 Å². The number of benzene rings is 1. The zero-order valence-electron chi connectivity index (χ0n) is 16.7. The van der Waals surface area contributed by atoms with Crippen molar-refractivity contribution < 1.29 is 30.2 Å². The molecule has 1 fully saturated rings. The molecule has 2 aromatic heterocycles. The monoisotopic (exact) mass is 506 g/mol. The normalized spacial score (nSPS) is 15.8. The highest BCUT2D eigenvalue weighted by atomic mass is 35.5. The van der Waals surface area contributed by atoms with Gasteiger partial charge in [-0.05, 0) is 30.5 Å². The summed E-state index contributed by atoms with van der Waals surface area (Å²) in [5.74, 6) is -2.28. The highest BCUT2D eigenvalue weighted by molar-refractivity contribution is 7.75. The molecule has 3 aromatic rings. The van der Waals surface area contributed by atoms with Crippen LogP contribution < -0.4 is 15.2 Å². The van der Waals surface area contributed by atoms with Gasteiger partial charge in [0.2, 0.25) is 0 Å². The van der Waals surface area contributed by atoms with Gasteiger partial charge < -0.3 is 15.2 Å². The molecule has 0 aliphatic heterocycles. The largest absolute Gasteiger partial charge is 0.425 e. The molecule has 1 aliphatic carbocycles. The van der Waals surface area contributed by atoms with E-state index in [9.17, 15) is 26.1 Å². The first kappa shape index (κ1) is 23.2. The molecule has 1 saturated carbocycles.